The van der Waals surface area contributed by atoms with Crippen molar-refractivity contribution in [3.8, 4) is 22.3 Å². The third kappa shape index (κ3) is 11.5. The van der Waals surface area contributed by atoms with E-state index in [1.807, 2.05) is 0 Å². The van der Waals surface area contributed by atoms with Gasteiger partial charge < -0.3 is 9.80 Å². The molecule has 49 heavy (non-hydrogen) atoms. The molecule has 5 heteroatoms. The molecule has 0 unspecified atom stereocenters. The molecule has 4 aromatic carbocycles. The van der Waals surface area contributed by atoms with Crippen LogP contribution in [0.25, 0.3) is 22.3 Å². The molecule has 0 radical (unpaired) electrons. The van der Waals surface area contributed by atoms with Crippen molar-refractivity contribution in [3.05, 3.63) is 97.1 Å². The van der Waals surface area contributed by atoms with Gasteiger partial charge in [-0.15, -0.1) is 0 Å². The Hall–Kier alpha value is -2.00. The van der Waals surface area contributed by atoms with Gasteiger partial charge in [-0.25, -0.2) is 0 Å². The molecule has 0 atom stereocenters. The first-order chi connectivity index (χ1) is 22.0. The first-order valence-corrected chi connectivity index (χ1v) is 20.1. The minimum absolute atomic E-state index is 0. The third-order valence-electron chi connectivity index (χ3n) is 8.36. The predicted molar refractivity (Wildman–Crippen MR) is 225 cm³/mol. The van der Waals surface area contributed by atoms with Gasteiger partial charge in [0, 0.05) is 39.6 Å². The van der Waals surface area contributed by atoms with Crippen molar-refractivity contribution in [1.29, 1.82) is 0 Å². The van der Waals surface area contributed by atoms with E-state index in [4.69, 9.17) is 0 Å². The van der Waals surface area contributed by atoms with Gasteiger partial charge in [0.1, 0.15) is 0 Å². The second-order valence-corrected chi connectivity index (χ2v) is 24.9. The van der Waals surface area contributed by atoms with Crippen molar-refractivity contribution in [1.82, 2.24) is 0 Å². The number of benzene rings is 4. The summed E-state index contributed by atoms with van der Waals surface area (Å²) in [5.74, 6) is 0. The molecule has 0 bridgehead atoms. The fraction of sp³-hybridized carbons (Fsp3) is 0.455. The van der Waals surface area contributed by atoms with Crippen LogP contribution in [0.3, 0.4) is 0 Å². The summed E-state index contributed by atoms with van der Waals surface area (Å²) in [5, 5.41) is 4.12. The van der Waals surface area contributed by atoms with Crippen LogP contribution in [0.15, 0.2) is 97.1 Å². The van der Waals surface area contributed by atoms with Crippen molar-refractivity contribution in [2.24, 2.45) is 0 Å². The Morgan fingerprint density at radius 2 is 0.612 bits per heavy atom. The molecule has 0 saturated heterocycles. The smallest absolute Gasteiger partial charge is 0.378 e. The quantitative estimate of drug-likeness (QED) is 0.142. The summed E-state index contributed by atoms with van der Waals surface area (Å²) >= 11 is 0. The zero-order valence-electron chi connectivity index (χ0n) is 33.3. The van der Waals surface area contributed by atoms with Gasteiger partial charge >= 0.3 is 20.4 Å². The maximum atomic E-state index is 2.38. The van der Waals surface area contributed by atoms with Crippen molar-refractivity contribution in [2.75, 3.05) is 38.0 Å². The zero-order chi connectivity index (χ0) is 36.2. The number of rotatable bonds is 6. The molecular formula is C44H64N2P2Pd+2. The predicted octanol–water partition coefficient (Wildman–Crippen LogP) is 12.2. The van der Waals surface area contributed by atoms with E-state index in [1.165, 1.54) is 44.2 Å². The van der Waals surface area contributed by atoms with Crippen LogP contribution >= 0.6 is 15.8 Å². The number of anilines is 2. The average molecular weight is 789 g/mol. The van der Waals surface area contributed by atoms with Crippen LogP contribution < -0.4 is 20.4 Å². The monoisotopic (exact) mass is 788 g/mol. The normalized spacial score (nSPS) is 12.3. The molecule has 0 aliphatic carbocycles. The second-order valence-electron chi connectivity index (χ2n) is 17.3. The summed E-state index contributed by atoms with van der Waals surface area (Å²) in [6.07, 6.45) is 0. The second kappa shape index (κ2) is 17.0. The average Bonchev–Trinajstić information content (AvgIpc) is 2.95. The minimum Gasteiger partial charge on any atom is -0.378 e. The molecule has 0 amide bonds. The van der Waals surface area contributed by atoms with Crippen LogP contribution in [0.4, 0.5) is 11.4 Å². The Morgan fingerprint density at radius 3 is 0.837 bits per heavy atom. The van der Waals surface area contributed by atoms with E-state index < -0.39 is 0 Å². The van der Waals surface area contributed by atoms with E-state index in [2.05, 4.69) is 218 Å². The molecule has 268 valence electrons. The molecular weight excluding hydrogens is 725 g/mol. The summed E-state index contributed by atoms with van der Waals surface area (Å²) in [7, 11) is 7.71. The maximum Gasteiger partial charge on any atom is 2.00 e. The van der Waals surface area contributed by atoms with E-state index in [1.54, 1.807) is 0 Å². The van der Waals surface area contributed by atoms with Crippen LogP contribution in [0.1, 0.15) is 83.1 Å². The fourth-order valence-electron chi connectivity index (χ4n) is 7.16. The summed E-state index contributed by atoms with van der Waals surface area (Å²) in [4.78, 5) is 4.29. The number of hydrogen-bond acceptors (Lipinski definition) is 2. The van der Waals surface area contributed by atoms with Gasteiger partial charge in [-0.3, -0.25) is 0 Å². The minimum atomic E-state index is -0.313. The van der Waals surface area contributed by atoms with Gasteiger partial charge in [0.15, 0.2) is 0 Å². The van der Waals surface area contributed by atoms with Crippen molar-refractivity contribution in [3.63, 3.8) is 0 Å². The summed E-state index contributed by atoms with van der Waals surface area (Å²) < 4.78 is 0. The van der Waals surface area contributed by atoms with E-state index in [9.17, 15) is 0 Å². The van der Waals surface area contributed by atoms with Crippen molar-refractivity contribution < 1.29 is 20.4 Å². The Bertz CT molecular complexity index is 1450. The topological polar surface area (TPSA) is 6.48 Å². The fourth-order valence-corrected chi connectivity index (χ4v) is 15.4. The molecule has 0 fully saturated rings. The molecule has 0 saturated carbocycles. The Morgan fingerprint density at radius 1 is 0.367 bits per heavy atom. The van der Waals surface area contributed by atoms with Crippen molar-refractivity contribution in [2.45, 2.75) is 104 Å². The van der Waals surface area contributed by atoms with Gasteiger partial charge in [0.05, 0.1) is 0 Å². The van der Waals surface area contributed by atoms with Crippen LogP contribution in [0.2, 0.25) is 0 Å². The zero-order valence-corrected chi connectivity index (χ0v) is 36.7. The molecule has 0 aliphatic heterocycles. The van der Waals surface area contributed by atoms with E-state index in [-0.39, 0.29) is 56.9 Å². The molecule has 0 N–H and O–H groups in total. The summed E-state index contributed by atoms with van der Waals surface area (Å²) in [6, 6.07) is 35.8. The molecule has 0 aromatic heterocycles. The Kier molecular flexibility index (Phi) is 15.0. The Balaban J connectivity index is 0.000000333. The standard InChI is InChI=1S/2C22H32NP.Pd/c2*1-21(2,3)24(22(4,5)6)20-12-10-9-11-19(20)17-13-15-18(16-14-17)23(7)8;/h2*9-16H,1-8H3;/q;;+2. The van der Waals surface area contributed by atoms with Crippen molar-refractivity contribution >= 4 is 37.8 Å². The SMILES string of the molecule is CN(C)c1ccc(-c2ccccc2P(C(C)(C)C)C(C)(C)C)cc1.CN(C)c1ccc(-c2ccccc2P(C(C)(C)C)C(C)(C)C)cc1.[Pd+2]. The van der Waals surface area contributed by atoms with Gasteiger partial charge in [-0.2, -0.15) is 0 Å². The maximum absolute atomic E-state index is 2.38. The van der Waals surface area contributed by atoms with E-state index >= 15 is 0 Å². The number of nitrogens with zero attached hydrogens (tertiary/aromatic N) is 2. The first kappa shape index (κ1) is 43.2. The molecule has 0 spiro atoms. The number of hydrogen-bond donors (Lipinski definition) is 0. The molecule has 0 heterocycles. The summed E-state index contributed by atoms with van der Waals surface area (Å²) in [6.45, 7) is 28.6. The molecule has 0 aliphatic rings. The van der Waals surface area contributed by atoms with Gasteiger partial charge in [-0.05, 0) is 77.8 Å². The molecule has 4 aromatic rings. The first-order valence-electron chi connectivity index (χ1n) is 17.4. The molecule has 4 rings (SSSR count). The molecule has 2 nitrogen and oxygen atoms in total. The van der Waals surface area contributed by atoms with Gasteiger partial charge in [0.2, 0.25) is 0 Å². The van der Waals surface area contributed by atoms with Crippen LogP contribution in [0, 0.1) is 0 Å². The van der Waals surface area contributed by atoms with E-state index in [0.717, 1.165) is 0 Å². The largest absolute Gasteiger partial charge is 2.00 e. The Labute approximate surface area is 317 Å². The van der Waals surface area contributed by atoms with Gasteiger partial charge in [-0.1, -0.05) is 172 Å². The van der Waals surface area contributed by atoms with Gasteiger partial charge in [0.25, 0.3) is 0 Å². The third-order valence-corrected chi connectivity index (χ3v) is 15.5. The summed E-state index contributed by atoms with van der Waals surface area (Å²) in [5.41, 5.74) is 7.89. The van der Waals surface area contributed by atoms with E-state index in [0.29, 0.717) is 0 Å². The van der Waals surface area contributed by atoms with Crippen LogP contribution in [-0.2, 0) is 20.4 Å². The van der Waals surface area contributed by atoms with Crippen LogP contribution in [0.5, 0.6) is 0 Å². The van der Waals surface area contributed by atoms with Crippen LogP contribution in [-0.4, -0.2) is 48.8 Å².